The molecule has 1 fully saturated rings. The number of hydrogen-bond acceptors (Lipinski definition) is 5. The zero-order valence-electron chi connectivity index (χ0n) is 18.0. The summed E-state index contributed by atoms with van der Waals surface area (Å²) in [4.78, 5) is 12.4. The molecule has 8 heteroatoms. The van der Waals surface area contributed by atoms with Crippen LogP contribution in [0.15, 0.2) is 101 Å². The summed E-state index contributed by atoms with van der Waals surface area (Å²) in [5.41, 5.74) is 4.61. The van der Waals surface area contributed by atoms with Crippen molar-refractivity contribution in [1.82, 2.24) is 15.1 Å². The Morgan fingerprint density at radius 1 is 1.00 bits per heavy atom. The largest absolute Gasteiger partial charge is 0.303 e. The summed E-state index contributed by atoms with van der Waals surface area (Å²) in [5, 5.41) is 17.0. The van der Waals surface area contributed by atoms with Crippen molar-refractivity contribution in [2.75, 3.05) is 0 Å². The van der Waals surface area contributed by atoms with Crippen molar-refractivity contribution >= 4 is 40.7 Å². The maximum Gasteiger partial charge on any atom is 0.239 e. The third kappa shape index (κ3) is 5.11. The van der Waals surface area contributed by atoms with Gasteiger partial charge in [-0.05, 0) is 36.2 Å². The Kier molecular flexibility index (Phi) is 6.56. The minimum atomic E-state index is -0.254. The Balaban J connectivity index is 1.36. The SMILES string of the molecule is O=C1N/C(=N\N=C\c2cn(-c3ccccc3)nc2-c2ccccc2)SC1Cc1ccc(Cl)cc1. The van der Waals surface area contributed by atoms with Crippen molar-refractivity contribution in [3.63, 3.8) is 0 Å². The molecule has 5 rings (SSSR count). The molecule has 2 heterocycles. The molecule has 0 saturated carbocycles. The molecule has 168 valence electrons. The Morgan fingerprint density at radius 3 is 2.44 bits per heavy atom. The number of rotatable bonds is 6. The number of aromatic nitrogens is 2. The van der Waals surface area contributed by atoms with E-state index >= 15 is 0 Å². The first kappa shape index (κ1) is 22.1. The first-order valence-electron chi connectivity index (χ1n) is 10.7. The number of halogens is 1. The van der Waals surface area contributed by atoms with Gasteiger partial charge in [0.15, 0.2) is 5.17 Å². The lowest BCUT2D eigenvalue weighted by molar-refractivity contribution is -0.118. The van der Waals surface area contributed by atoms with Gasteiger partial charge in [-0.25, -0.2) is 4.68 Å². The van der Waals surface area contributed by atoms with Crippen molar-refractivity contribution in [3.8, 4) is 16.9 Å². The van der Waals surface area contributed by atoms with Crippen LogP contribution in [0.1, 0.15) is 11.1 Å². The van der Waals surface area contributed by atoms with Crippen LogP contribution >= 0.6 is 23.4 Å². The smallest absolute Gasteiger partial charge is 0.239 e. The fourth-order valence-corrected chi connectivity index (χ4v) is 4.67. The third-order valence-corrected chi connectivity index (χ3v) is 6.59. The van der Waals surface area contributed by atoms with Crippen LogP contribution in [-0.4, -0.2) is 32.3 Å². The highest BCUT2D eigenvalue weighted by Crippen LogP contribution is 2.25. The van der Waals surface area contributed by atoms with Crippen LogP contribution in [0.4, 0.5) is 0 Å². The van der Waals surface area contributed by atoms with E-state index in [1.54, 1.807) is 6.21 Å². The zero-order chi connectivity index (χ0) is 23.3. The lowest BCUT2D eigenvalue weighted by Crippen LogP contribution is -2.25. The number of nitrogens with one attached hydrogen (secondary N) is 1. The zero-order valence-corrected chi connectivity index (χ0v) is 19.6. The van der Waals surface area contributed by atoms with Crippen LogP contribution in [0.25, 0.3) is 16.9 Å². The van der Waals surface area contributed by atoms with E-state index in [-0.39, 0.29) is 11.2 Å². The van der Waals surface area contributed by atoms with Crippen LogP contribution in [0, 0.1) is 0 Å². The molecule has 6 nitrogen and oxygen atoms in total. The number of amidine groups is 1. The van der Waals surface area contributed by atoms with Crippen LogP contribution < -0.4 is 5.32 Å². The first-order valence-corrected chi connectivity index (χ1v) is 11.9. The molecule has 1 saturated heterocycles. The standard InChI is InChI=1S/C26H20ClN5OS/c27-21-13-11-18(12-14-21)15-23-25(33)29-26(34-23)30-28-16-20-17-32(22-9-5-2-6-10-22)31-24(20)19-7-3-1-4-8-19/h1-14,16-17,23H,15H2,(H,29,30,33)/b28-16+. The van der Waals surface area contributed by atoms with Gasteiger partial charge in [0.1, 0.15) is 5.69 Å². The van der Waals surface area contributed by atoms with Crippen molar-refractivity contribution in [2.45, 2.75) is 11.7 Å². The summed E-state index contributed by atoms with van der Waals surface area (Å²) >= 11 is 7.33. The summed E-state index contributed by atoms with van der Waals surface area (Å²) < 4.78 is 1.82. The van der Waals surface area contributed by atoms with E-state index in [4.69, 9.17) is 16.7 Å². The molecule has 0 radical (unpaired) electrons. The molecule has 0 spiro atoms. The molecule has 1 N–H and O–H groups in total. The highest BCUT2D eigenvalue weighted by atomic mass is 35.5. The molecule has 34 heavy (non-hydrogen) atoms. The van der Waals surface area contributed by atoms with E-state index in [9.17, 15) is 4.79 Å². The van der Waals surface area contributed by atoms with Gasteiger partial charge in [-0.1, -0.05) is 84.0 Å². The number of carbonyl (C=O) groups is 1. The van der Waals surface area contributed by atoms with Gasteiger partial charge in [0.05, 0.1) is 17.2 Å². The van der Waals surface area contributed by atoms with Crippen LogP contribution in [0.2, 0.25) is 5.02 Å². The van der Waals surface area contributed by atoms with Gasteiger partial charge in [0.25, 0.3) is 0 Å². The van der Waals surface area contributed by atoms with E-state index in [1.165, 1.54) is 11.8 Å². The maximum absolute atomic E-state index is 12.4. The van der Waals surface area contributed by atoms with Gasteiger partial charge >= 0.3 is 0 Å². The Labute approximate surface area is 206 Å². The predicted octanol–water partition coefficient (Wildman–Crippen LogP) is 5.36. The molecule has 3 aromatic carbocycles. The number of hydrogen-bond donors (Lipinski definition) is 1. The number of amides is 1. The van der Waals surface area contributed by atoms with Gasteiger partial charge in [-0.2, -0.15) is 10.2 Å². The van der Waals surface area contributed by atoms with Crippen molar-refractivity contribution in [2.24, 2.45) is 10.2 Å². The van der Waals surface area contributed by atoms with Gasteiger partial charge in [-0.3, -0.25) is 4.79 Å². The third-order valence-electron chi connectivity index (χ3n) is 5.27. The van der Waals surface area contributed by atoms with Gasteiger partial charge in [-0.15, -0.1) is 5.10 Å². The van der Waals surface area contributed by atoms with Crippen LogP contribution in [0.5, 0.6) is 0 Å². The lowest BCUT2D eigenvalue weighted by atomic mass is 10.1. The number of para-hydroxylation sites is 1. The fraction of sp³-hybridized carbons (Fsp3) is 0.0769. The fourth-order valence-electron chi connectivity index (χ4n) is 3.58. The summed E-state index contributed by atoms with van der Waals surface area (Å²) in [6, 6.07) is 27.4. The van der Waals surface area contributed by atoms with E-state index in [0.29, 0.717) is 16.6 Å². The van der Waals surface area contributed by atoms with Crippen LogP contribution in [-0.2, 0) is 11.2 Å². The van der Waals surface area contributed by atoms with Gasteiger partial charge in [0, 0.05) is 22.3 Å². The number of thioether (sulfide) groups is 1. The number of benzene rings is 3. The van der Waals surface area contributed by atoms with E-state index in [1.807, 2.05) is 95.8 Å². The minimum Gasteiger partial charge on any atom is -0.303 e. The summed E-state index contributed by atoms with van der Waals surface area (Å²) in [7, 11) is 0. The normalized spacial score (nSPS) is 16.9. The Bertz CT molecular complexity index is 1350. The van der Waals surface area contributed by atoms with E-state index in [2.05, 4.69) is 15.5 Å². The van der Waals surface area contributed by atoms with Crippen molar-refractivity contribution in [3.05, 3.63) is 107 Å². The molecular formula is C26H20ClN5OS. The topological polar surface area (TPSA) is 71.6 Å². The van der Waals surface area contributed by atoms with Gasteiger partial charge < -0.3 is 5.32 Å². The second-order valence-corrected chi connectivity index (χ2v) is 9.28. The Morgan fingerprint density at radius 2 is 1.71 bits per heavy atom. The number of carbonyl (C=O) groups excluding carboxylic acids is 1. The molecule has 1 aromatic heterocycles. The molecule has 1 aliphatic heterocycles. The van der Waals surface area contributed by atoms with Crippen LogP contribution in [0.3, 0.4) is 0 Å². The molecule has 1 aliphatic rings. The summed E-state index contributed by atoms with van der Waals surface area (Å²) in [5.74, 6) is -0.0734. The summed E-state index contributed by atoms with van der Waals surface area (Å²) in [6.07, 6.45) is 4.18. The lowest BCUT2D eigenvalue weighted by Gasteiger charge is -2.05. The maximum atomic E-state index is 12.4. The predicted molar refractivity (Wildman–Crippen MR) is 139 cm³/mol. The highest BCUT2D eigenvalue weighted by molar-refractivity contribution is 8.15. The molecule has 0 bridgehead atoms. The minimum absolute atomic E-state index is 0.0734. The average molecular weight is 486 g/mol. The first-order chi connectivity index (χ1) is 16.7. The molecular weight excluding hydrogens is 466 g/mol. The second-order valence-electron chi connectivity index (χ2n) is 7.66. The highest BCUT2D eigenvalue weighted by Gasteiger charge is 2.30. The molecule has 0 aliphatic carbocycles. The van der Waals surface area contributed by atoms with E-state index < -0.39 is 0 Å². The summed E-state index contributed by atoms with van der Waals surface area (Å²) in [6.45, 7) is 0. The van der Waals surface area contributed by atoms with Crippen molar-refractivity contribution in [1.29, 1.82) is 0 Å². The van der Waals surface area contributed by atoms with E-state index in [0.717, 1.165) is 28.1 Å². The van der Waals surface area contributed by atoms with Gasteiger partial charge in [0.2, 0.25) is 5.91 Å². The second kappa shape index (κ2) is 10.1. The number of nitrogens with zero attached hydrogens (tertiary/aromatic N) is 4. The molecule has 1 atom stereocenters. The molecule has 1 unspecified atom stereocenters. The molecule has 1 amide bonds. The molecule has 4 aromatic rings. The van der Waals surface area contributed by atoms with Crippen molar-refractivity contribution < 1.29 is 4.79 Å². The monoisotopic (exact) mass is 485 g/mol. The Hall–Kier alpha value is -3.68. The average Bonchev–Trinajstić information content (AvgIpc) is 3.45. The quantitative estimate of drug-likeness (QED) is 0.295.